The lowest BCUT2D eigenvalue weighted by Crippen LogP contribution is -2.28. The molecular weight excluding hydrogens is 382 g/mol. The minimum Gasteiger partial charge on any atom is -0.461 e. The number of halogens is 2. The van der Waals surface area contributed by atoms with Crippen molar-refractivity contribution in [2.24, 2.45) is 0 Å². The highest BCUT2D eigenvalue weighted by atomic mass is 79.9. The van der Waals surface area contributed by atoms with Crippen molar-refractivity contribution >= 4 is 31.9 Å². The molecular formula is C16H19Br2NO. The predicted octanol–water partition coefficient (Wildman–Crippen LogP) is 5.40. The van der Waals surface area contributed by atoms with Crippen LogP contribution in [0.25, 0.3) is 11.3 Å². The Morgan fingerprint density at radius 2 is 2.00 bits per heavy atom. The molecule has 1 unspecified atom stereocenters. The van der Waals surface area contributed by atoms with Gasteiger partial charge in [0.15, 0.2) is 0 Å². The topological polar surface area (TPSA) is 25.2 Å². The Morgan fingerprint density at radius 3 is 2.70 bits per heavy atom. The van der Waals surface area contributed by atoms with Crippen molar-refractivity contribution in [3.8, 4) is 11.3 Å². The van der Waals surface area contributed by atoms with Gasteiger partial charge in [0.2, 0.25) is 0 Å². The Balaban J connectivity index is 2.08. The number of hydrogen-bond donors (Lipinski definition) is 1. The Labute approximate surface area is 137 Å². The molecule has 0 fully saturated rings. The van der Waals surface area contributed by atoms with Crippen LogP contribution in [0.2, 0.25) is 0 Å². The van der Waals surface area contributed by atoms with Crippen LogP contribution < -0.4 is 5.32 Å². The van der Waals surface area contributed by atoms with E-state index in [0.29, 0.717) is 6.04 Å². The van der Waals surface area contributed by atoms with Gasteiger partial charge in [-0.2, -0.15) is 0 Å². The summed E-state index contributed by atoms with van der Waals surface area (Å²) < 4.78 is 8.04. The molecule has 1 aromatic heterocycles. The molecule has 1 heterocycles. The first-order chi connectivity index (χ1) is 9.60. The van der Waals surface area contributed by atoms with E-state index in [-0.39, 0.29) is 0 Å². The van der Waals surface area contributed by atoms with Crippen LogP contribution in [0.3, 0.4) is 0 Å². The van der Waals surface area contributed by atoms with Gasteiger partial charge in [0.1, 0.15) is 11.5 Å². The van der Waals surface area contributed by atoms with Crippen LogP contribution in [-0.4, -0.2) is 12.6 Å². The van der Waals surface area contributed by atoms with Crippen molar-refractivity contribution in [3.05, 3.63) is 45.0 Å². The number of hydrogen-bond acceptors (Lipinski definition) is 2. The lowest BCUT2D eigenvalue weighted by molar-refractivity contribution is 0.464. The van der Waals surface area contributed by atoms with Gasteiger partial charge in [-0.05, 0) is 66.2 Å². The van der Waals surface area contributed by atoms with E-state index in [1.54, 1.807) is 0 Å². The summed E-state index contributed by atoms with van der Waals surface area (Å²) in [4.78, 5) is 0. The SMILES string of the molecule is CCCNC(C)Cc1ccc(-c2ccc(Br)cc2Br)o1. The van der Waals surface area contributed by atoms with E-state index >= 15 is 0 Å². The molecule has 1 N–H and O–H groups in total. The summed E-state index contributed by atoms with van der Waals surface area (Å²) in [6.45, 7) is 5.41. The van der Waals surface area contributed by atoms with Crippen molar-refractivity contribution in [1.82, 2.24) is 5.32 Å². The third-order valence-corrected chi connectivity index (χ3v) is 4.26. The number of benzene rings is 1. The summed E-state index contributed by atoms with van der Waals surface area (Å²) in [5, 5.41) is 3.47. The highest BCUT2D eigenvalue weighted by Crippen LogP contribution is 2.32. The quantitative estimate of drug-likeness (QED) is 0.701. The maximum absolute atomic E-state index is 5.96. The van der Waals surface area contributed by atoms with Crippen molar-refractivity contribution in [1.29, 1.82) is 0 Å². The molecule has 0 saturated heterocycles. The van der Waals surface area contributed by atoms with Gasteiger partial charge in [-0.15, -0.1) is 0 Å². The monoisotopic (exact) mass is 399 g/mol. The molecule has 0 spiro atoms. The van der Waals surface area contributed by atoms with Gasteiger partial charge in [-0.25, -0.2) is 0 Å². The maximum atomic E-state index is 5.96. The highest BCUT2D eigenvalue weighted by Gasteiger charge is 2.10. The van der Waals surface area contributed by atoms with Crippen molar-refractivity contribution in [2.45, 2.75) is 32.7 Å². The first-order valence-electron chi connectivity index (χ1n) is 6.87. The summed E-state index contributed by atoms with van der Waals surface area (Å²) in [7, 11) is 0. The predicted molar refractivity (Wildman–Crippen MR) is 91.0 cm³/mol. The van der Waals surface area contributed by atoms with E-state index in [2.05, 4.69) is 63.2 Å². The van der Waals surface area contributed by atoms with E-state index in [1.807, 2.05) is 18.2 Å². The van der Waals surface area contributed by atoms with Gasteiger partial charge in [-0.3, -0.25) is 0 Å². The first kappa shape index (κ1) is 15.8. The van der Waals surface area contributed by atoms with E-state index < -0.39 is 0 Å². The van der Waals surface area contributed by atoms with Crippen LogP contribution in [0.1, 0.15) is 26.0 Å². The van der Waals surface area contributed by atoms with Gasteiger partial charge in [0.05, 0.1) is 0 Å². The molecule has 2 nitrogen and oxygen atoms in total. The van der Waals surface area contributed by atoms with E-state index in [0.717, 1.165) is 45.4 Å². The zero-order valence-electron chi connectivity index (χ0n) is 11.7. The first-order valence-corrected chi connectivity index (χ1v) is 8.46. The van der Waals surface area contributed by atoms with E-state index in [4.69, 9.17) is 4.42 Å². The molecule has 1 aromatic carbocycles. The summed E-state index contributed by atoms with van der Waals surface area (Å²) >= 11 is 7.04. The summed E-state index contributed by atoms with van der Waals surface area (Å²) in [6.07, 6.45) is 2.06. The van der Waals surface area contributed by atoms with Crippen LogP contribution in [0.5, 0.6) is 0 Å². The molecule has 2 rings (SSSR count). The summed E-state index contributed by atoms with van der Waals surface area (Å²) in [5.41, 5.74) is 1.08. The average Bonchev–Trinajstić information content (AvgIpc) is 2.84. The van der Waals surface area contributed by atoms with Crippen LogP contribution in [0, 0.1) is 0 Å². The van der Waals surface area contributed by atoms with Crippen LogP contribution in [-0.2, 0) is 6.42 Å². The van der Waals surface area contributed by atoms with Crippen LogP contribution in [0.15, 0.2) is 43.7 Å². The molecule has 1 atom stereocenters. The van der Waals surface area contributed by atoms with Crippen molar-refractivity contribution in [3.63, 3.8) is 0 Å². The largest absolute Gasteiger partial charge is 0.461 e. The number of nitrogens with one attached hydrogen (secondary N) is 1. The summed E-state index contributed by atoms with van der Waals surface area (Å²) in [6, 6.07) is 10.6. The Kier molecular flexibility index (Phi) is 5.87. The highest BCUT2D eigenvalue weighted by molar-refractivity contribution is 9.11. The minimum atomic E-state index is 0.433. The summed E-state index contributed by atoms with van der Waals surface area (Å²) in [5.74, 6) is 1.92. The third kappa shape index (κ3) is 4.21. The van der Waals surface area contributed by atoms with E-state index in [9.17, 15) is 0 Å². The van der Waals surface area contributed by atoms with Crippen LogP contribution in [0.4, 0.5) is 0 Å². The molecule has 4 heteroatoms. The molecule has 2 aromatic rings. The normalized spacial score (nSPS) is 12.6. The average molecular weight is 401 g/mol. The van der Waals surface area contributed by atoms with Gasteiger partial charge in [-0.1, -0.05) is 22.9 Å². The Morgan fingerprint density at radius 1 is 1.20 bits per heavy atom. The zero-order chi connectivity index (χ0) is 14.5. The molecule has 0 aliphatic carbocycles. The lowest BCUT2D eigenvalue weighted by Gasteiger charge is -2.11. The molecule has 0 bridgehead atoms. The Bertz CT molecular complexity index is 565. The van der Waals surface area contributed by atoms with Crippen molar-refractivity contribution in [2.75, 3.05) is 6.54 Å². The van der Waals surface area contributed by atoms with Gasteiger partial charge >= 0.3 is 0 Å². The number of rotatable bonds is 6. The van der Waals surface area contributed by atoms with Gasteiger partial charge in [0, 0.05) is 27.0 Å². The molecule has 108 valence electrons. The standard InChI is InChI=1S/C16H19Br2NO/c1-3-8-19-11(2)9-13-5-7-16(20-13)14-6-4-12(17)10-15(14)18/h4-7,10-11,19H,3,8-9H2,1-2H3. The third-order valence-electron chi connectivity index (χ3n) is 3.11. The second-order valence-corrected chi connectivity index (χ2v) is 6.72. The molecule has 0 saturated carbocycles. The lowest BCUT2D eigenvalue weighted by atomic mass is 10.2. The molecule has 0 aliphatic heterocycles. The smallest absolute Gasteiger partial charge is 0.135 e. The maximum Gasteiger partial charge on any atom is 0.135 e. The van der Waals surface area contributed by atoms with Crippen molar-refractivity contribution < 1.29 is 4.42 Å². The fraction of sp³-hybridized carbons (Fsp3) is 0.375. The number of furan rings is 1. The molecule has 0 radical (unpaired) electrons. The second-order valence-electron chi connectivity index (χ2n) is 4.95. The Hall–Kier alpha value is -0.580. The zero-order valence-corrected chi connectivity index (χ0v) is 14.9. The van der Waals surface area contributed by atoms with E-state index in [1.165, 1.54) is 0 Å². The molecule has 0 aliphatic rings. The van der Waals surface area contributed by atoms with Crippen LogP contribution >= 0.6 is 31.9 Å². The fourth-order valence-corrected chi connectivity index (χ4v) is 3.33. The molecule has 0 amide bonds. The van der Waals surface area contributed by atoms with Gasteiger partial charge < -0.3 is 9.73 Å². The fourth-order valence-electron chi connectivity index (χ4n) is 2.09. The molecule has 20 heavy (non-hydrogen) atoms. The minimum absolute atomic E-state index is 0.433. The van der Waals surface area contributed by atoms with Gasteiger partial charge in [0.25, 0.3) is 0 Å². The second kappa shape index (κ2) is 7.43.